The molecule has 82 valence electrons. The molecule has 0 N–H and O–H groups in total. The molecule has 4 heteroatoms. The van der Waals surface area contributed by atoms with Gasteiger partial charge in [-0.3, -0.25) is 4.79 Å². The van der Waals surface area contributed by atoms with Crippen molar-refractivity contribution < 1.29 is 9.18 Å². The molecule has 0 spiro atoms. The largest absolute Gasteiger partial charge is 0.291 e. The molecule has 0 atom stereocenters. The summed E-state index contributed by atoms with van der Waals surface area (Å²) in [5.74, 6) is -0.785. The summed E-state index contributed by atoms with van der Waals surface area (Å²) in [5.41, 5.74) is 0.340. The van der Waals surface area contributed by atoms with Gasteiger partial charge in [0.2, 0.25) is 0 Å². The molecule has 2 aromatic rings. The molecule has 2 aromatic carbocycles. The molecule has 0 radical (unpaired) electrons. The van der Waals surface area contributed by atoms with Crippen LogP contribution < -0.4 is 0 Å². The van der Waals surface area contributed by atoms with Crippen molar-refractivity contribution in [3.05, 3.63) is 47.8 Å². The average Bonchev–Trinajstić information content (AvgIpc) is 2.29. The molecule has 0 amide bonds. The van der Waals surface area contributed by atoms with E-state index in [4.69, 9.17) is 23.2 Å². The molecule has 1 nitrogen and oxygen atoms in total. The van der Waals surface area contributed by atoms with Crippen molar-refractivity contribution in [2.45, 2.75) is 4.84 Å². The second-order valence-electron chi connectivity index (χ2n) is 3.31. The number of fused-ring (bicyclic) bond motifs is 1. The Balaban J connectivity index is 2.72. The van der Waals surface area contributed by atoms with Crippen LogP contribution in [0.15, 0.2) is 36.4 Å². The fraction of sp³-hybridized carbons (Fsp3) is 0.0833. The van der Waals surface area contributed by atoms with Crippen LogP contribution in [0.4, 0.5) is 4.39 Å². The molecule has 0 saturated carbocycles. The summed E-state index contributed by atoms with van der Waals surface area (Å²) in [5, 5.41) is 0.918. The number of rotatable bonds is 2. The summed E-state index contributed by atoms with van der Waals surface area (Å²) in [4.78, 5) is 10.6. The van der Waals surface area contributed by atoms with Gasteiger partial charge in [-0.15, -0.1) is 0 Å². The standard InChI is InChI=1S/C12H7Cl2FO/c13-12(14)11(16)9-5-6-10(15)8-4-2-1-3-7(8)9/h1-6,12H. The second kappa shape index (κ2) is 4.40. The lowest BCUT2D eigenvalue weighted by Crippen LogP contribution is -2.08. The number of benzene rings is 2. The first-order valence-corrected chi connectivity index (χ1v) is 5.48. The lowest BCUT2D eigenvalue weighted by Gasteiger charge is -2.06. The molecule has 16 heavy (non-hydrogen) atoms. The molecule has 0 bridgehead atoms. The first-order chi connectivity index (χ1) is 7.61. The van der Waals surface area contributed by atoms with Gasteiger partial charge in [-0.1, -0.05) is 47.5 Å². The number of hydrogen-bond donors (Lipinski definition) is 0. The van der Waals surface area contributed by atoms with Gasteiger partial charge in [-0.2, -0.15) is 0 Å². The summed E-state index contributed by atoms with van der Waals surface area (Å²) >= 11 is 11.1. The molecular formula is C12H7Cl2FO. The van der Waals surface area contributed by atoms with Gasteiger partial charge in [0.25, 0.3) is 0 Å². The zero-order chi connectivity index (χ0) is 11.7. The smallest absolute Gasteiger partial charge is 0.196 e. The van der Waals surface area contributed by atoms with E-state index in [-0.39, 0.29) is 5.82 Å². The van der Waals surface area contributed by atoms with Gasteiger partial charge in [-0.05, 0) is 17.5 Å². The number of alkyl halides is 2. The highest BCUT2D eigenvalue weighted by Crippen LogP contribution is 2.24. The van der Waals surface area contributed by atoms with Crippen LogP contribution in [0, 0.1) is 5.82 Å². The van der Waals surface area contributed by atoms with E-state index >= 15 is 0 Å². The minimum Gasteiger partial charge on any atom is -0.291 e. The van der Waals surface area contributed by atoms with Crippen LogP contribution in [-0.2, 0) is 0 Å². The zero-order valence-corrected chi connectivity index (χ0v) is 9.60. The predicted octanol–water partition coefficient (Wildman–Crippen LogP) is 3.97. The van der Waals surface area contributed by atoms with Gasteiger partial charge >= 0.3 is 0 Å². The van der Waals surface area contributed by atoms with Crippen molar-refractivity contribution in [3.8, 4) is 0 Å². The number of carbonyl (C=O) groups is 1. The highest BCUT2D eigenvalue weighted by Gasteiger charge is 2.17. The summed E-state index contributed by atoms with van der Waals surface area (Å²) in [7, 11) is 0. The van der Waals surface area contributed by atoms with Crippen molar-refractivity contribution in [1.29, 1.82) is 0 Å². The van der Waals surface area contributed by atoms with Crippen molar-refractivity contribution in [2.24, 2.45) is 0 Å². The molecule has 2 rings (SSSR count). The maximum absolute atomic E-state index is 13.5. The van der Waals surface area contributed by atoms with Crippen LogP contribution >= 0.6 is 23.2 Å². The Morgan fingerprint density at radius 1 is 1.06 bits per heavy atom. The summed E-state index contributed by atoms with van der Waals surface area (Å²) in [6.45, 7) is 0. The highest BCUT2D eigenvalue weighted by atomic mass is 35.5. The quantitative estimate of drug-likeness (QED) is 0.587. The highest BCUT2D eigenvalue weighted by molar-refractivity contribution is 6.55. The lowest BCUT2D eigenvalue weighted by atomic mass is 10.0. The lowest BCUT2D eigenvalue weighted by molar-refractivity contribution is 0.101. The van der Waals surface area contributed by atoms with Crippen LogP contribution in [0.5, 0.6) is 0 Å². The summed E-state index contributed by atoms with van der Waals surface area (Å²) in [6, 6.07) is 9.36. The Bertz CT molecular complexity index is 552. The van der Waals surface area contributed by atoms with E-state index in [9.17, 15) is 9.18 Å². The number of halogens is 3. The van der Waals surface area contributed by atoms with E-state index in [0.29, 0.717) is 16.3 Å². The topological polar surface area (TPSA) is 17.1 Å². The fourth-order valence-corrected chi connectivity index (χ4v) is 1.83. The van der Waals surface area contributed by atoms with Crippen molar-refractivity contribution in [1.82, 2.24) is 0 Å². The summed E-state index contributed by atoms with van der Waals surface area (Å²) < 4.78 is 13.5. The third-order valence-electron chi connectivity index (χ3n) is 2.33. The minimum absolute atomic E-state index is 0.340. The number of ketones is 1. The van der Waals surface area contributed by atoms with Gasteiger partial charge in [0.15, 0.2) is 10.6 Å². The van der Waals surface area contributed by atoms with Crippen LogP contribution in [0.2, 0.25) is 0 Å². The Kier molecular flexibility index (Phi) is 3.13. The van der Waals surface area contributed by atoms with Gasteiger partial charge in [0.1, 0.15) is 5.82 Å². The average molecular weight is 257 g/mol. The monoisotopic (exact) mass is 256 g/mol. The molecule has 0 fully saturated rings. The minimum atomic E-state index is -1.13. The first-order valence-electron chi connectivity index (χ1n) is 4.61. The first kappa shape index (κ1) is 11.4. The van der Waals surface area contributed by atoms with Crippen LogP contribution in [0.3, 0.4) is 0 Å². The molecule has 0 aromatic heterocycles. The molecule has 0 heterocycles. The Morgan fingerprint density at radius 3 is 2.31 bits per heavy atom. The van der Waals surface area contributed by atoms with Crippen LogP contribution in [0.25, 0.3) is 10.8 Å². The van der Waals surface area contributed by atoms with Crippen LogP contribution in [0.1, 0.15) is 10.4 Å². The van der Waals surface area contributed by atoms with Crippen LogP contribution in [-0.4, -0.2) is 10.6 Å². The zero-order valence-electron chi connectivity index (χ0n) is 8.08. The molecule has 0 aliphatic carbocycles. The maximum Gasteiger partial charge on any atom is 0.196 e. The molecule has 0 unspecified atom stereocenters. The third-order valence-corrected chi connectivity index (χ3v) is 2.73. The maximum atomic E-state index is 13.5. The predicted molar refractivity (Wildman–Crippen MR) is 63.7 cm³/mol. The number of carbonyl (C=O) groups excluding carboxylic acids is 1. The van der Waals surface area contributed by atoms with E-state index in [1.54, 1.807) is 24.3 Å². The number of hydrogen-bond acceptors (Lipinski definition) is 1. The van der Waals surface area contributed by atoms with Crippen molar-refractivity contribution in [2.75, 3.05) is 0 Å². The Labute approximate surface area is 102 Å². The van der Waals surface area contributed by atoms with E-state index < -0.39 is 10.6 Å². The van der Waals surface area contributed by atoms with E-state index in [1.807, 2.05) is 0 Å². The van der Waals surface area contributed by atoms with Gasteiger partial charge < -0.3 is 0 Å². The fourth-order valence-electron chi connectivity index (χ4n) is 1.59. The van der Waals surface area contributed by atoms with E-state index in [0.717, 1.165) is 0 Å². The van der Waals surface area contributed by atoms with E-state index in [1.165, 1.54) is 12.1 Å². The number of Topliss-reactive ketones (excluding diaryl/α,β-unsaturated/α-hetero) is 1. The van der Waals surface area contributed by atoms with Crippen molar-refractivity contribution >= 4 is 39.8 Å². The van der Waals surface area contributed by atoms with E-state index in [2.05, 4.69) is 0 Å². The molecule has 0 saturated heterocycles. The molecule has 0 aliphatic heterocycles. The SMILES string of the molecule is O=C(c1ccc(F)c2ccccc12)C(Cl)Cl. The summed E-state index contributed by atoms with van der Waals surface area (Å²) in [6.07, 6.45) is 0. The Morgan fingerprint density at radius 2 is 1.69 bits per heavy atom. The van der Waals surface area contributed by atoms with Gasteiger partial charge in [0, 0.05) is 10.9 Å². The molecule has 0 aliphatic rings. The molecular weight excluding hydrogens is 250 g/mol. The van der Waals surface area contributed by atoms with Gasteiger partial charge in [0.05, 0.1) is 0 Å². The second-order valence-corrected chi connectivity index (χ2v) is 4.40. The normalized spacial score (nSPS) is 11.0. The van der Waals surface area contributed by atoms with Crippen molar-refractivity contribution in [3.63, 3.8) is 0 Å². The van der Waals surface area contributed by atoms with Gasteiger partial charge in [-0.25, -0.2) is 4.39 Å². The third kappa shape index (κ3) is 1.91. The Hall–Kier alpha value is -1.12.